The lowest BCUT2D eigenvalue weighted by Gasteiger charge is -2.34. The first-order valence-electron chi connectivity index (χ1n) is 12.3. The number of nitrogens with zero attached hydrogens (tertiary/aromatic N) is 2. The number of rotatable bonds is 14. The summed E-state index contributed by atoms with van der Waals surface area (Å²) in [5.41, 5.74) is 1.55. The molecule has 0 spiro atoms. The van der Waals surface area contributed by atoms with Crippen LogP contribution in [0.1, 0.15) is 111 Å². The number of aliphatic hydroxyl groups is 1. The smallest absolute Gasteiger partial charge is 0.278 e. The van der Waals surface area contributed by atoms with Crippen molar-refractivity contribution in [2.45, 2.75) is 116 Å². The first-order chi connectivity index (χ1) is 14.1. The molecule has 0 saturated carbocycles. The van der Waals surface area contributed by atoms with Crippen molar-refractivity contribution in [3.63, 3.8) is 0 Å². The fourth-order valence-electron chi connectivity index (χ4n) is 5.07. The Morgan fingerprint density at radius 2 is 1.52 bits per heavy atom. The molecule has 1 unspecified atom stereocenters. The van der Waals surface area contributed by atoms with E-state index in [1.54, 1.807) is 0 Å². The van der Waals surface area contributed by atoms with Crippen molar-refractivity contribution < 1.29 is 9.68 Å². The molecule has 2 aliphatic rings. The third-order valence-electron chi connectivity index (χ3n) is 6.97. The van der Waals surface area contributed by atoms with Crippen LogP contribution in [0.5, 0.6) is 0 Å². The summed E-state index contributed by atoms with van der Waals surface area (Å²) in [6.07, 6.45) is 23.6. The first-order valence-corrected chi connectivity index (χ1v) is 12.3. The minimum absolute atomic E-state index is 0.630. The van der Waals surface area contributed by atoms with Gasteiger partial charge in [-0.05, 0) is 20.3 Å². The first kappa shape index (κ1) is 24.0. The standard InChI is InChI=1S/C26H45N2O/c1-5-7-8-9-10-11-12-13-14-15-16-17-19-26(29)24(4)23(3)25-27(20-6-2)21-18-22-28(25)26/h2,29H,5,7-22H2,1,3-4H3/q+1. The Hall–Kier alpha value is -1.27. The second kappa shape index (κ2) is 12.4. The van der Waals surface area contributed by atoms with E-state index in [0.29, 0.717) is 6.54 Å². The predicted octanol–water partition coefficient (Wildman–Crippen LogP) is 5.87. The molecule has 0 aromatic heterocycles. The van der Waals surface area contributed by atoms with E-state index in [1.165, 1.54) is 82.0 Å². The maximum Gasteiger partial charge on any atom is 0.278 e. The van der Waals surface area contributed by atoms with Gasteiger partial charge in [-0.25, -0.2) is 4.90 Å². The second-order valence-electron chi connectivity index (χ2n) is 9.16. The molecule has 0 fully saturated rings. The van der Waals surface area contributed by atoms with Crippen LogP contribution in [0.3, 0.4) is 0 Å². The quantitative estimate of drug-likeness (QED) is 0.224. The highest BCUT2D eigenvalue weighted by molar-refractivity contribution is 5.98. The van der Waals surface area contributed by atoms with Gasteiger partial charge in [0.05, 0.1) is 13.1 Å². The fraction of sp³-hybridized carbons (Fsp3) is 0.808. The predicted molar refractivity (Wildman–Crippen MR) is 124 cm³/mol. The maximum atomic E-state index is 11.5. The molecule has 0 aliphatic carbocycles. The van der Waals surface area contributed by atoms with Gasteiger partial charge in [0, 0.05) is 24.0 Å². The second-order valence-corrected chi connectivity index (χ2v) is 9.16. The summed E-state index contributed by atoms with van der Waals surface area (Å²) in [5.74, 6) is 3.95. The SMILES string of the molecule is C#CC[N+]1=C2C(C)=C(C)C(O)(CCCCCCCCCCCCCC)N2CCC1. The van der Waals surface area contributed by atoms with E-state index in [2.05, 4.69) is 36.2 Å². The van der Waals surface area contributed by atoms with Gasteiger partial charge in [-0.3, -0.25) is 4.58 Å². The van der Waals surface area contributed by atoms with Gasteiger partial charge in [-0.15, -0.1) is 6.42 Å². The number of amidine groups is 1. The molecule has 0 aromatic rings. The topological polar surface area (TPSA) is 26.5 Å². The number of fused-ring (bicyclic) bond motifs is 1. The van der Waals surface area contributed by atoms with Crippen molar-refractivity contribution >= 4 is 5.84 Å². The zero-order valence-electron chi connectivity index (χ0n) is 19.4. The maximum absolute atomic E-state index is 11.5. The third-order valence-corrected chi connectivity index (χ3v) is 6.97. The zero-order chi connectivity index (χ0) is 21.1. The van der Waals surface area contributed by atoms with Gasteiger partial charge in [0.2, 0.25) is 5.72 Å². The van der Waals surface area contributed by atoms with Crippen LogP contribution in [0.15, 0.2) is 11.1 Å². The molecule has 1 N–H and O–H groups in total. The highest BCUT2D eigenvalue weighted by Crippen LogP contribution is 2.39. The van der Waals surface area contributed by atoms with Gasteiger partial charge >= 0.3 is 0 Å². The summed E-state index contributed by atoms with van der Waals surface area (Å²) >= 11 is 0. The molecule has 2 heterocycles. The van der Waals surface area contributed by atoms with Crippen molar-refractivity contribution in [1.82, 2.24) is 4.90 Å². The summed E-state index contributed by atoms with van der Waals surface area (Å²) in [5, 5.41) is 11.5. The van der Waals surface area contributed by atoms with E-state index in [0.717, 1.165) is 37.9 Å². The number of unbranched alkanes of at least 4 members (excludes halogenated alkanes) is 11. The Morgan fingerprint density at radius 1 is 0.966 bits per heavy atom. The molecule has 1 atom stereocenters. The molecule has 0 aromatic carbocycles. The minimum atomic E-state index is -0.800. The third kappa shape index (κ3) is 6.35. The van der Waals surface area contributed by atoms with Crippen LogP contribution in [-0.2, 0) is 0 Å². The van der Waals surface area contributed by atoms with Crippen LogP contribution in [0.2, 0.25) is 0 Å². The van der Waals surface area contributed by atoms with Crippen molar-refractivity contribution in [2.24, 2.45) is 0 Å². The Kier molecular flexibility index (Phi) is 10.3. The molecule has 3 nitrogen and oxygen atoms in total. The van der Waals surface area contributed by atoms with E-state index < -0.39 is 5.72 Å². The van der Waals surface area contributed by atoms with Crippen molar-refractivity contribution in [1.29, 1.82) is 0 Å². The average Bonchev–Trinajstić information content (AvgIpc) is 2.91. The Bertz CT molecular complexity index is 613. The Balaban J connectivity index is 1.69. The molecular formula is C26H45N2O+. The molecule has 0 radical (unpaired) electrons. The summed E-state index contributed by atoms with van der Waals surface area (Å²) in [6, 6.07) is 0. The molecule has 3 heteroatoms. The van der Waals surface area contributed by atoms with Crippen LogP contribution < -0.4 is 0 Å². The van der Waals surface area contributed by atoms with E-state index in [-0.39, 0.29) is 0 Å². The lowest BCUT2D eigenvalue weighted by Crippen LogP contribution is -2.53. The molecule has 29 heavy (non-hydrogen) atoms. The van der Waals surface area contributed by atoms with Crippen LogP contribution in [0.4, 0.5) is 0 Å². The van der Waals surface area contributed by atoms with Crippen LogP contribution in [0, 0.1) is 12.3 Å². The van der Waals surface area contributed by atoms with E-state index in [1.807, 2.05) is 0 Å². The van der Waals surface area contributed by atoms with Crippen LogP contribution in [0.25, 0.3) is 0 Å². The molecule has 2 aliphatic heterocycles. The van der Waals surface area contributed by atoms with E-state index in [9.17, 15) is 5.11 Å². The van der Waals surface area contributed by atoms with Crippen LogP contribution >= 0.6 is 0 Å². The van der Waals surface area contributed by atoms with Gasteiger partial charge in [0.25, 0.3) is 5.84 Å². The number of hydrogen-bond donors (Lipinski definition) is 1. The van der Waals surface area contributed by atoms with Gasteiger partial charge < -0.3 is 5.11 Å². The average molecular weight is 402 g/mol. The summed E-state index contributed by atoms with van der Waals surface area (Å²) in [7, 11) is 0. The Morgan fingerprint density at radius 3 is 2.07 bits per heavy atom. The number of terminal acetylenes is 1. The molecular weight excluding hydrogens is 356 g/mol. The van der Waals surface area contributed by atoms with E-state index in [4.69, 9.17) is 6.42 Å². The van der Waals surface area contributed by atoms with E-state index >= 15 is 0 Å². The summed E-state index contributed by atoms with van der Waals surface area (Å²) in [4.78, 5) is 2.23. The zero-order valence-corrected chi connectivity index (χ0v) is 19.4. The monoisotopic (exact) mass is 401 g/mol. The van der Waals surface area contributed by atoms with Gasteiger partial charge in [0.15, 0.2) is 0 Å². The van der Waals surface area contributed by atoms with Gasteiger partial charge in [-0.1, -0.05) is 83.5 Å². The van der Waals surface area contributed by atoms with Gasteiger partial charge in [0.1, 0.15) is 6.54 Å². The molecule has 0 bridgehead atoms. The van der Waals surface area contributed by atoms with Gasteiger partial charge in [-0.2, -0.15) is 0 Å². The molecule has 0 amide bonds. The minimum Gasteiger partial charge on any atom is -0.350 e. The largest absolute Gasteiger partial charge is 0.350 e. The van der Waals surface area contributed by atoms with Crippen molar-refractivity contribution in [3.8, 4) is 12.3 Å². The fourth-order valence-corrected chi connectivity index (χ4v) is 5.07. The number of hydrogen-bond acceptors (Lipinski definition) is 2. The summed E-state index contributed by atoms with van der Waals surface area (Å²) < 4.78 is 2.27. The molecule has 2 rings (SSSR count). The van der Waals surface area contributed by atoms with Crippen LogP contribution in [-0.4, -0.2) is 45.8 Å². The molecule has 0 saturated heterocycles. The Labute approximate surface area is 180 Å². The normalized spacial score (nSPS) is 21.7. The highest BCUT2D eigenvalue weighted by atomic mass is 16.3. The lowest BCUT2D eigenvalue weighted by molar-refractivity contribution is -0.527. The molecule has 164 valence electrons. The highest BCUT2D eigenvalue weighted by Gasteiger charge is 2.53. The summed E-state index contributed by atoms with van der Waals surface area (Å²) in [6.45, 7) is 9.09. The lowest BCUT2D eigenvalue weighted by atomic mass is 9.96. The van der Waals surface area contributed by atoms with Crippen molar-refractivity contribution in [3.05, 3.63) is 11.1 Å². The van der Waals surface area contributed by atoms with Crippen molar-refractivity contribution in [2.75, 3.05) is 19.6 Å².